The van der Waals surface area contributed by atoms with Crippen LogP contribution in [-0.4, -0.2) is 37.6 Å². The molecule has 26 heavy (non-hydrogen) atoms. The standard InChI is InChI=1S/C20H27NO5/c1-5-26-19(23)14(3)12-13(2)18(22)21-16-9-7-6-8-15(16)10-11-17(21)20(24)25-4/h6-9,13-14,17H,5,10-12H2,1-4H3/t13-,14-,17?/m1/s1. The minimum Gasteiger partial charge on any atom is -0.467 e. The van der Waals surface area contributed by atoms with Crippen LogP contribution in [0.4, 0.5) is 5.69 Å². The summed E-state index contributed by atoms with van der Waals surface area (Å²) in [6.07, 6.45) is 1.60. The fourth-order valence-corrected chi connectivity index (χ4v) is 3.43. The third kappa shape index (κ3) is 4.23. The quantitative estimate of drug-likeness (QED) is 0.729. The molecule has 0 aliphatic carbocycles. The van der Waals surface area contributed by atoms with E-state index in [1.807, 2.05) is 24.3 Å². The Bertz CT molecular complexity index is 672. The second-order valence-corrected chi connectivity index (χ2v) is 6.70. The van der Waals surface area contributed by atoms with Gasteiger partial charge in [-0.2, -0.15) is 0 Å². The highest BCUT2D eigenvalue weighted by Crippen LogP contribution is 2.33. The summed E-state index contributed by atoms with van der Waals surface area (Å²) in [4.78, 5) is 38.8. The molecule has 6 heteroatoms. The molecule has 0 N–H and O–H groups in total. The smallest absolute Gasteiger partial charge is 0.328 e. The largest absolute Gasteiger partial charge is 0.467 e. The van der Waals surface area contributed by atoms with Gasteiger partial charge in [0.2, 0.25) is 5.91 Å². The highest BCUT2D eigenvalue weighted by molar-refractivity contribution is 6.01. The van der Waals surface area contributed by atoms with Gasteiger partial charge in [-0.25, -0.2) is 4.79 Å². The normalized spacial score (nSPS) is 18.5. The van der Waals surface area contributed by atoms with Gasteiger partial charge >= 0.3 is 11.9 Å². The molecule has 1 aliphatic rings. The van der Waals surface area contributed by atoms with Gasteiger partial charge in [-0.15, -0.1) is 0 Å². The predicted octanol–water partition coefficient (Wildman–Crippen LogP) is 2.73. The van der Waals surface area contributed by atoms with Gasteiger partial charge in [-0.05, 0) is 37.8 Å². The molecule has 0 fully saturated rings. The molecule has 0 saturated heterocycles. The van der Waals surface area contributed by atoms with Gasteiger partial charge in [0.05, 0.1) is 19.6 Å². The summed E-state index contributed by atoms with van der Waals surface area (Å²) in [5.74, 6) is -1.71. The number of anilines is 1. The summed E-state index contributed by atoms with van der Waals surface area (Å²) in [5.41, 5.74) is 1.78. The Hall–Kier alpha value is -2.37. The van der Waals surface area contributed by atoms with E-state index in [1.165, 1.54) is 7.11 Å². The number of carbonyl (C=O) groups is 3. The molecule has 0 saturated carbocycles. The minimum atomic E-state index is -0.636. The first-order valence-corrected chi connectivity index (χ1v) is 9.06. The first kappa shape index (κ1) is 19.9. The maximum absolute atomic E-state index is 13.2. The van der Waals surface area contributed by atoms with Crippen molar-refractivity contribution in [3.63, 3.8) is 0 Å². The number of carbonyl (C=O) groups excluding carboxylic acids is 3. The lowest BCUT2D eigenvalue weighted by molar-refractivity contribution is -0.148. The Morgan fingerprint density at radius 2 is 1.88 bits per heavy atom. The molecule has 1 heterocycles. The van der Waals surface area contributed by atoms with Crippen LogP contribution in [0.3, 0.4) is 0 Å². The Labute approximate surface area is 154 Å². The molecular formula is C20H27NO5. The number of methoxy groups -OCH3 is 1. The Morgan fingerprint density at radius 3 is 2.54 bits per heavy atom. The van der Waals surface area contributed by atoms with E-state index in [4.69, 9.17) is 9.47 Å². The highest BCUT2D eigenvalue weighted by atomic mass is 16.5. The van der Waals surface area contributed by atoms with Crippen LogP contribution in [0.2, 0.25) is 0 Å². The van der Waals surface area contributed by atoms with Crippen molar-refractivity contribution >= 4 is 23.5 Å². The summed E-state index contributed by atoms with van der Waals surface area (Å²) in [5, 5.41) is 0. The zero-order valence-corrected chi connectivity index (χ0v) is 15.9. The molecule has 1 aromatic carbocycles. The van der Waals surface area contributed by atoms with Crippen molar-refractivity contribution in [2.45, 2.75) is 46.1 Å². The number of aryl methyl sites for hydroxylation is 1. The molecule has 0 aromatic heterocycles. The number of rotatable bonds is 6. The van der Waals surface area contributed by atoms with Crippen LogP contribution in [0.5, 0.6) is 0 Å². The van der Waals surface area contributed by atoms with Crippen LogP contribution in [0.1, 0.15) is 39.2 Å². The number of ether oxygens (including phenoxy) is 2. The van der Waals surface area contributed by atoms with Crippen molar-refractivity contribution in [2.75, 3.05) is 18.6 Å². The van der Waals surface area contributed by atoms with Gasteiger partial charge in [0.1, 0.15) is 6.04 Å². The molecule has 1 unspecified atom stereocenters. The summed E-state index contributed by atoms with van der Waals surface area (Å²) >= 11 is 0. The maximum atomic E-state index is 13.2. The topological polar surface area (TPSA) is 72.9 Å². The average molecular weight is 361 g/mol. The molecule has 142 valence electrons. The second-order valence-electron chi connectivity index (χ2n) is 6.70. The van der Waals surface area contributed by atoms with E-state index in [1.54, 1.807) is 25.7 Å². The molecule has 1 amide bonds. The lowest BCUT2D eigenvalue weighted by atomic mass is 9.91. The minimum absolute atomic E-state index is 0.177. The number of amides is 1. The van der Waals surface area contributed by atoms with E-state index in [0.717, 1.165) is 11.3 Å². The third-order valence-corrected chi connectivity index (χ3v) is 4.78. The van der Waals surface area contributed by atoms with Gasteiger partial charge in [0.15, 0.2) is 0 Å². The summed E-state index contributed by atoms with van der Waals surface area (Å²) in [7, 11) is 1.33. The van der Waals surface area contributed by atoms with Crippen molar-refractivity contribution in [1.82, 2.24) is 0 Å². The second kappa shape index (κ2) is 8.83. The molecule has 0 bridgehead atoms. The average Bonchev–Trinajstić information content (AvgIpc) is 2.65. The van der Waals surface area contributed by atoms with Gasteiger partial charge < -0.3 is 9.47 Å². The van der Waals surface area contributed by atoms with E-state index in [-0.39, 0.29) is 17.8 Å². The SMILES string of the molecule is CCOC(=O)[C@H](C)C[C@@H](C)C(=O)N1c2ccccc2CCC1C(=O)OC. The van der Waals surface area contributed by atoms with Gasteiger partial charge in [0, 0.05) is 11.6 Å². The van der Waals surface area contributed by atoms with Crippen LogP contribution in [0.15, 0.2) is 24.3 Å². The number of hydrogen-bond acceptors (Lipinski definition) is 5. The highest BCUT2D eigenvalue weighted by Gasteiger charge is 2.38. The summed E-state index contributed by atoms with van der Waals surface area (Å²) < 4.78 is 9.93. The molecule has 1 aliphatic heterocycles. The maximum Gasteiger partial charge on any atom is 0.328 e. The first-order valence-electron chi connectivity index (χ1n) is 9.06. The van der Waals surface area contributed by atoms with Gasteiger partial charge in [0.25, 0.3) is 0 Å². The Morgan fingerprint density at radius 1 is 1.19 bits per heavy atom. The van der Waals surface area contributed by atoms with E-state index in [0.29, 0.717) is 25.9 Å². The Balaban J connectivity index is 2.24. The van der Waals surface area contributed by atoms with Crippen LogP contribution in [-0.2, 0) is 30.3 Å². The van der Waals surface area contributed by atoms with Crippen molar-refractivity contribution in [2.24, 2.45) is 11.8 Å². The zero-order chi connectivity index (χ0) is 19.3. The number of esters is 2. The summed E-state index contributed by atoms with van der Waals surface area (Å²) in [6.45, 7) is 5.60. The lowest BCUT2D eigenvalue weighted by Gasteiger charge is -2.37. The van der Waals surface area contributed by atoms with Crippen LogP contribution >= 0.6 is 0 Å². The van der Waals surface area contributed by atoms with Crippen LogP contribution in [0, 0.1) is 11.8 Å². The number of hydrogen-bond donors (Lipinski definition) is 0. The van der Waals surface area contributed by atoms with Gasteiger partial charge in [-0.1, -0.05) is 32.0 Å². The van der Waals surface area contributed by atoms with Crippen molar-refractivity contribution in [3.8, 4) is 0 Å². The lowest BCUT2D eigenvalue weighted by Crippen LogP contribution is -2.50. The number of nitrogens with zero attached hydrogens (tertiary/aromatic N) is 1. The van der Waals surface area contributed by atoms with E-state index in [2.05, 4.69) is 0 Å². The molecule has 6 nitrogen and oxygen atoms in total. The summed E-state index contributed by atoms with van der Waals surface area (Å²) in [6, 6.07) is 6.96. The molecule has 0 spiro atoms. The van der Waals surface area contributed by atoms with E-state index >= 15 is 0 Å². The first-order chi connectivity index (χ1) is 12.4. The van der Waals surface area contributed by atoms with Crippen molar-refractivity contribution in [3.05, 3.63) is 29.8 Å². The van der Waals surface area contributed by atoms with Crippen LogP contribution in [0.25, 0.3) is 0 Å². The number of benzene rings is 1. The zero-order valence-electron chi connectivity index (χ0n) is 15.9. The van der Waals surface area contributed by atoms with Crippen molar-refractivity contribution in [1.29, 1.82) is 0 Å². The number of para-hydroxylation sites is 1. The Kier molecular flexibility index (Phi) is 6.77. The number of fused-ring (bicyclic) bond motifs is 1. The molecular weight excluding hydrogens is 334 g/mol. The fraction of sp³-hybridized carbons (Fsp3) is 0.550. The molecule has 0 radical (unpaired) electrons. The van der Waals surface area contributed by atoms with Gasteiger partial charge in [-0.3, -0.25) is 14.5 Å². The monoisotopic (exact) mass is 361 g/mol. The third-order valence-electron chi connectivity index (χ3n) is 4.78. The molecule has 1 aromatic rings. The van der Waals surface area contributed by atoms with Crippen molar-refractivity contribution < 1.29 is 23.9 Å². The predicted molar refractivity (Wildman–Crippen MR) is 97.6 cm³/mol. The fourth-order valence-electron chi connectivity index (χ4n) is 3.43. The molecule has 2 rings (SSSR count). The van der Waals surface area contributed by atoms with E-state index < -0.39 is 17.9 Å². The van der Waals surface area contributed by atoms with Crippen LogP contribution < -0.4 is 4.90 Å². The molecule has 3 atom stereocenters. The van der Waals surface area contributed by atoms with E-state index in [9.17, 15) is 14.4 Å².